The first kappa shape index (κ1) is 17.1. The van der Waals surface area contributed by atoms with Gasteiger partial charge in [0.05, 0.1) is 16.2 Å². The van der Waals surface area contributed by atoms with Gasteiger partial charge >= 0.3 is 0 Å². The van der Waals surface area contributed by atoms with Crippen LogP contribution in [-0.4, -0.2) is 14.7 Å². The summed E-state index contributed by atoms with van der Waals surface area (Å²) in [6.07, 6.45) is 4.09. The molecule has 6 nitrogen and oxygen atoms in total. The molecule has 0 radical (unpaired) electrons. The Hall–Kier alpha value is -4.06. The number of rotatable bonds is 3. The lowest BCUT2D eigenvalue weighted by atomic mass is 10.1. The average molecular weight is 381 g/mol. The predicted octanol–water partition coefficient (Wildman–Crippen LogP) is 4.27. The molecule has 0 unspecified atom stereocenters. The van der Waals surface area contributed by atoms with E-state index < -0.39 is 0 Å². The Kier molecular flexibility index (Phi) is 3.84. The number of hydrogen-bond donors (Lipinski definition) is 0. The summed E-state index contributed by atoms with van der Waals surface area (Å²) < 4.78 is 4.11. The molecule has 0 saturated carbocycles. The van der Waals surface area contributed by atoms with Crippen LogP contribution in [-0.2, 0) is 0 Å². The highest BCUT2D eigenvalue weighted by Gasteiger charge is 2.38. The Bertz CT molecular complexity index is 1270. The van der Waals surface area contributed by atoms with Crippen molar-refractivity contribution in [1.29, 1.82) is 0 Å². The fourth-order valence-electron chi connectivity index (χ4n) is 3.79. The van der Waals surface area contributed by atoms with Gasteiger partial charge < -0.3 is 0 Å². The molecule has 140 valence electrons. The number of aromatic nitrogens is 3. The van der Waals surface area contributed by atoms with Gasteiger partial charge in [-0.1, -0.05) is 18.2 Å². The van der Waals surface area contributed by atoms with Gasteiger partial charge in [-0.2, -0.15) is 9.67 Å². The van der Waals surface area contributed by atoms with Crippen molar-refractivity contribution < 1.29 is 9.49 Å². The predicted molar refractivity (Wildman–Crippen MR) is 110 cm³/mol. The third-order valence-corrected chi connectivity index (χ3v) is 5.08. The normalized spacial score (nSPS) is 13.3. The smallest absolute Gasteiger partial charge is 0.258 e. The molecule has 0 aliphatic carbocycles. The van der Waals surface area contributed by atoms with Crippen LogP contribution < -0.4 is 4.57 Å². The third kappa shape index (κ3) is 2.73. The summed E-state index contributed by atoms with van der Waals surface area (Å²) in [5, 5.41) is 15.8. The van der Waals surface area contributed by atoms with Gasteiger partial charge in [0.2, 0.25) is 5.69 Å². The van der Waals surface area contributed by atoms with Gasteiger partial charge in [0.1, 0.15) is 5.69 Å². The molecule has 5 rings (SSSR count). The summed E-state index contributed by atoms with van der Waals surface area (Å²) in [6.45, 7) is 2.01. The molecule has 0 fully saturated rings. The average Bonchev–Trinajstić information content (AvgIpc) is 3.25. The molecule has 0 spiro atoms. The second-order valence-corrected chi connectivity index (χ2v) is 6.89. The van der Waals surface area contributed by atoms with Gasteiger partial charge in [-0.25, -0.2) is 4.68 Å². The highest BCUT2D eigenvalue weighted by Crippen LogP contribution is 2.36. The van der Waals surface area contributed by atoms with Gasteiger partial charge in [-0.05, 0) is 48.9 Å². The van der Waals surface area contributed by atoms with Gasteiger partial charge in [0.25, 0.3) is 11.4 Å². The van der Waals surface area contributed by atoms with E-state index in [2.05, 4.69) is 16.7 Å². The molecular formula is C23H17N4O2+. The van der Waals surface area contributed by atoms with E-state index in [-0.39, 0.29) is 10.6 Å². The molecular weight excluding hydrogens is 364 g/mol. The molecule has 29 heavy (non-hydrogen) atoms. The van der Waals surface area contributed by atoms with Gasteiger partial charge in [0, 0.05) is 24.3 Å². The van der Waals surface area contributed by atoms with Crippen LogP contribution in [0.1, 0.15) is 22.6 Å². The number of nitrogens with zero attached hydrogens (tertiary/aromatic N) is 4. The molecule has 0 saturated heterocycles. The van der Waals surface area contributed by atoms with Crippen molar-refractivity contribution in [2.75, 3.05) is 0 Å². The minimum Gasteiger partial charge on any atom is -0.258 e. The van der Waals surface area contributed by atoms with Crippen LogP contribution >= 0.6 is 0 Å². The second kappa shape index (κ2) is 6.53. The van der Waals surface area contributed by atoms with Crippen LogP contribution in [0.4, 0.5) is 5.69 Å². The SMILES string of the molecule is Cc1nn(-c2ccccc2)c2c1-[n+]1ccccc1C2=Cc1ccc([N+](=O)[O-])cc1. The van der Waals surface area contributed by atoms with Crippen molar-refractivity contribution in [3.63, 3.8) is 0 Å². The summed E-state index contributed by atoms with van der Waals surface area (Å²) in [7, 11) is 0. The fraction of sp³-hybridized carbons (Fsp3) is 0.0435. The number of para-hydroxylation sites is 1. The monoisotopic (exact) mass is 381 g/mol. The molecule has 3 heterocycles. The van der Waals surface area contributed by atoms with E-state index in [1.165, 1.54) is 12.1 Å². The van der Waals surface area contributed by atoms with Crippen LogP contribution in [0.15, 0.2) is 79.0 Å². The van der Waals surface area contributed by atoms with Crippen LogP contribution in [0.5, 0.6) is 0 Å². The number of aryl methyl sites for hydroxylation is 1. The molecule has 1 aliphatic rings. The van der Waals surface area contributed by atoms with E-state index in [1.807, 2.05) is 60.3 Å². The third-order valence-electron chi connectivity index (χ3n) is 5.08. The summed E-state index contributed by atoms with van der Waals surface area (Å²) in [5.41, 5.74) is 7.06. The van der Waals surface area contributed by atoms with Crippen molar-refractivity contribution in [2.45, 2.75) is 6.92 Å². The maximum atomic E-state index is 11.0. The lowest BCUT2D eigenvalue weighted by molar-refractivity contribution is -0.594. The van der Waals surface area contributed by atoms with Crippen molar-refractivity contribution in [3.05, 3.63) is 112 Å². The summed E-state index contributed by atoms with van der Waals surface area (Å²) in [4.78, 5) is 10.6. The Labute approximate surface area is 167 Å². The van der Waals surface area contributed by atoms with E-state index in [0.29, 0.717) is 0 Å². The quantitative estimate of drug-likeness (QED) is 0.266. The molecule has 0 atom stereocenters. The number of hydrogen-bond acceptors (Lipinski definition) is 3. The number of pyridine rings is 1. The Morgan fingerprint density at radius 2 is 1.72 bits per heavy atom. The molecule has 2 aromatic heterocycles. The van der Waals surface area contributed by atoms with Gasteiger partial charge in [-0.15, -0.1) is 0 Å². The van der Waals surface area contributed by atoms with Gasteiger partial charge in [-0.3, -0.25) is 10.1 Å². The molecule has 0 amide bonds. The van der Waals surface area contributed by atoms with E-state index in [0.717, 1.165) is 39.6 Å². The lowest BCUT2D eigenvalue weighted by Crippen LogP contribution is -2.31. The standard InChI is InChI=1S/C23H17N4O2/c1-16-22-23(26(24-16)18-7-3-2-4-8-18)20(21-9-5-6-14-25(21)22)15-17-10-12-19(13-11-17)27(28)29/h2-15H,1H3/q+1. The number of fused-ring (bicyclic) bond motifs is 3. The molecule has 1 aliphatic heterocycles. The van der Waals surface area contributed by atoms with Crippen LogP contribution in [0, 0.1) is 17.0 Å². The van der Waals surface area contributed by atoms with E-state index >= 15 is 0 Å². The zero-order chi connectivity index (χ0) is 20.0. The highest BCUT2D eigenvalue weighted by molar-refractivity contribution is 5.93. The van der Waals surface area contributed by atoms with Crippen LogP contribution in [0.25, 0.3) is 23.0 Å². The van der Waals surface area contributed by atoms with Crippen LogP contribution in [0.3, 0.4) is 0 Å². The molecule has 6 heteroatoms. The number of benzene rings is 2. The van der Waals surface area contributed by atoms with E-state index in [4.69, 9.17) is 5.10 Å². The summed E-state index contributed by atoms with van der Waals surface area (Å²) >= 11 is 0. The Morgan fingerprint density at radius 1 is 1.00 bits per heavy atom. The van der Waals surface area contributed by atoms with Crippen molar-refractivity contribution >= 4 is 17.3 Å². The van der Waals surface area contributed by atoms with E-state index in [9.17, 15) is 10.1 Å². The zero-order valence-corrected chi connectivity index (χ0v) is 15.7. The van der Waals surface area contributed by atoms with Crippen molar-refractivity contribution in [1.82, 2.24) is 9.78 Å². The van der Waals surface area contributed by atoms with Crippen molar-refractivity contribution in [3.8, 4) is 11.4 Å². The maximum absolute atomic E-state index is 11.0. The lowest BCUT2D eigenvalue weighted by Gasteiger charge is -2.05. The number of non-ortho nitro benzene ring substituents is 1. The molecule has 0 N–H and O–H groups in total. The maximum Gasteiger partial charge on any atom is 0.269 e. The topological polar surface area (TPSA) is 64.8 Å². The second-order valence-electron chi connectivity index (χ2n) is 6.89. The van der Waals surface area contributed by atoms with Gasteiger partial charge in [0.15, 0.2) is 11.9 Å². The molecule has 0 bridgehead atoms. The molecule has 2 aromatic carbocycles. The number of nitro groups is 1. The number of nitro benzene ring substituents is 1. The molecule has 4 aromatic rings. The summed E-state index contributed by atoms with van der Waals surface area (Å²) in [5.74, 6) is 0. The summed E-state index contributed by atoms with van der Waals surface area (Å²) in [6, 6.07) is 22.7. The minimum atomic E-state index is -0.385. The Morgan fingerprint density at radius 3 is 2.45 bits per heavy atom. The first-order chi connectivity index (χ1) is 14.1. The largest absolute Gasteiger partial charge is 0.269 e. The van der Waals surface area contributed by atoms with E-state index in [1.54, 1.807) is 12.1 Å². The van der Waals surface area contributed by atoms with Crippen LogP contribution in [0.2, 0.25) is 0 Å². The first-order valence-corrected chi connectivity index (χ1v) is 9.26. The van der Waals surface area contributed by atoms with Crippen molar-refractivity contribution in [2.24, 2.45) is 0 Å². The first-order valence-electron chi connectivity index (χ1n) is 9.26. The Balaban J connectivity index is 1.74. The highest BCUT2D eigenvalue weighted by atomic mass is 16.6. The zero-order valence-electron chi connectivity index (χ0n) is 15.7. The minimum absolute atomic E-state index is 0.0826. The fourth-order valence-corrected chi connectivity index (χ4v) is 3.79.